The summed E-state index contributed by atoms with van der Waals surface area (Å²) in [5, 5.41) is 0. The minimum absolute atomic E-state index is 0.244. The number of hydrogen-bond donors (Lipinski definition) is 1. The lowest BCUT2D eigenvalue weighted by molar-refractivity contribution is 0.0976. The largest absolute Gasteiger partial charge is 0.359 e. The minimum Gasteiger partial charge on any atom is -0.359 e. The molecule has 2 heteroatoms. The van der Waals surface area contributed by atoms with Crippen LogP contribution in [-0.2, 0) is 6.42 Å². The highest BCUT2D eigenvalue weighted by atomic mass is 16.1. The van der Waals surface area contributed by atoms with Crippen LogP contribution in [-0.4, -0.2) is 10.8 Å². The van der Waals surface area contributed by atoms with Crippen molar-refractivity contribution in [3.05, 3.63) is 23.5 Å². The third kappa shape index (κ3) is 2.72. The number of H-pyrrole nitrogens is 1. The predicted molar refractivity (Wildman–Crippen MR) is 58.6 cm³/mol. The van der Waals surface area contributed by atoms with Gasteiger partial charge in [0, 0.05) is 12.6 Å². The van der Waals surface area contributed by atoms with Gasteiger partial charge in [-0.2, -0.15) is 0 Å². The Balaban J connectivity index is 2.76. The van der Waals surface area contributed by atoms with E-state index < -0.39 is 0 Å². The molecule has 1 N–H and O–H groups in total. The number of aromatic amines is 1. The van der Waals surface area contributed by atoms with Crippen LogP contribution in [0.25, 0.3) is 0 Å². The Labute approximate surface area is 85.7 Å². The second kappa shape index (κ2) is 4.99. The first-order valence-corrected chi connectivity index (χ1v) is 5.34. The molecule has 0 amide bonds. The van der Waals surface area contributed by atoms with Crippen molar-refractivity contribution in [1.29, 1.82) is 0 Å². The maximum atomic E-state index is 11.7. The summed E-state index contributed by atoms with van der Waals surface area (Å²) in [7, 11) is 0. The van der Waals surface area contributed by atoms with Crippen LogP contribution in [0.5, 0.6) is 0 Å². The SMILES string of the molecule is CCCC(=O)c1[nH]ccc1CC(C)C. The summed E-state index contributed by atoms with van der Waals surface area (Å²) in [6.07, 6.45) is 4.40. The zero-order valence-corrected chi connectivity index (χ0v) is 9.26. The van der Waals surface area contributed by atoms with Gasteiger partial charge in [-0.05, 0) is 30.4 Å². The van der Waals surface area contributed by atoms with E-state index in [9.17, 15) is 4.79 Å². The minimum atomic E-state index is 0.244. The van der Waals surface area contributed by atoms with Gasteiger partial charge >= 0.3 is 0 Å². The summed E-state index contributed by atoms with van der Waals surface area (Å²) in [4.78, 5) is 14.7. The highest BCUT2D eigenvalue weighted by Crippen LogP contribution is 2.14. The van der Waals surface area contributed by atoms with Gasteiger partial charge in [-0.15, -0.1) is 0 Å². The van der Waals surface area contributed by atoms with Gasteiger partial charge in [0.1, 0.15) is 0 Å². The van der Waals surface area contributed by atoms with Crippen LogP contribution >= 0.6 is 0 Å². The van der Waals surface area contributed by atoms with Crippen LogP contribution in [0.1, 0.15) is 49.7 Å². The molecular formula is C12H19NO. The molecule has 0 aromatic carbocycles. The van der Waals surface area contributed by atoms with E-state index in [4.69, 9.17) is 0 Å². The van der Waals surface area contributed by atoms with Gasteiger partial charge < -0.3 is 4.98 Å². The molecule has 0 aliphatic rings. The summed E-state index contributed by atoms with van der Waals surface area (Å²) >= 11 is 0. The van der Waals surface area contributed by atoms with E-state index in [1.165, 1.54) is 5.56 Å². The normalized spacial score (nSPS) is 10.9. The van der Waals surface area contributed by atoms with E-state index in [1.807, 2.05) is 19.2 Å². The number of Topliss-reactive ketones (excluding diaryl/α,β-unsaturated/α-hetero) is 1. The number of ketones is 1. The van der Waals surface area contributed by atoms with Crippen LogP contribution < -0.4 is 0 Å². The highest BCUT2D eigenvalue weighted by molar-refractivity contribution is 5.95. The van der Waals surface area contributed by atoms with Crippen molar-refractivity contribution in [3.8, 4) is 0 Å². The van der Waals surface area contributed by atoms with Crippen molar-refractivity contribution in [2.24, 2.45) is 5.92 Å². The Morgan fingerprint density at radius 3 is 2.79 bits per heavy atom. The molecule has 1 aromatic heterocycles. The molecule has 2 nitrogen and oxygen atoms in total. The maximum Gasteiger partial charge on any atom is 0.179 e. The van der Waals surface area contributed by atoms with Crippen molar-refractivity contribution in [1.82, 2.24) is 4.98 Å². The topological polar surface area (TPSA) is 32.9 Å². The molecule has 0 spiro atoms. The van der Waals surface area contributed by atoms with E-state index in [1.54, 1.807) is 0 Å². The van der Waals surface area contributed by atoms with Gasteiger partial charge in [0.05, 0.1) is 5.69 Å². The van der Waals surface area contributed by atoms with E-state index in [-0.39, 0.29) is 5.78 Å². The smallest absolute Gasteiger partial charge is 0.179 e. The third-order valence-electron chi connectivity index (χ3n) is 2.22. The second-order valence-corrected chi connectivity index (χ2v) is 4.15. The fraction of sp³-hybridized carbons (Fsp3) is 0.583. The highest BCUT2D eigenvalue weighted by Gasteiger charge is 2.12. The second-order valence-electron chi connectivity index (χ2n) is 4.15. The summed E-state index contributed by atoms with van der Waals surface area (Å²) in [5.41, 5.74) is 1.99. The predicted octanol–water partition coefficient (Wildman–Crippen LogP) is 3.20. The molecule has 0 aliphatic heterocycles. The van der Waals surface area contributed by atoms with Crippen LogP contribution in [0, 0.1) is 5.92 Å². The van der Waals surface area contributed by atoms with Gasteiger partial charge in [0.25, 0.3) is 0 Å². The Morgan fingerprint density at radius 1 is 1.50 bits per heavy atom. The molecule has 0 saturated carbocycles. The Morgan fingerprint density at radius 2 is 2.21 bits per heavy atom. The first-order valence-electron chi connectivity index (χ1n) is 5.34. The zero-order chi connectivity index (χ0) is 10.6. The summed E-state index contributed by atoms with van der Waals surface area (Å²) in [6, 6.07) is 2.02. The van der Waals surface area contributed by atoms with Crippen LogP contribution in [0.3, 0.4) is 0 Å². The van der Waals surface area contributed by atoms with Gasteiger partial charge in [-0.3, -0.25) is 4.79 Å². The molecule has 0 atom stereocenters. The quantitative estimate of drug-likeness (QED) is 0.716. The van der Waals surface area contributed by atoms with E-state index in [0.29, 0.717) is 12.3 Å². The van der Waals surface area contributed by atoms with Crippen molar-refractivity contribution in [3.63, 3.8) is 0 Å². The molecule has 0 radical (unpaired) electrons. The molecule has 1 rings (SSSR count). The van der Waals surface area contributed by atoms with Crippen molar-refractivity contribution in [2.75, 3.05) is 0 Å². The fourth-order valence-electron chi connectivity index (χ4n) is 1.62. The standard InChI is InChI=1S/C12H19NO/c1-4-5-11(14)12-10(6-7-13-12)8-9(2)3/h6-7,9,13H,4-5,8H2,1-3H3. The maximum absolute atomic E-state index is 11.7. The number of carbonyl (C=O) groups is 1. The average molecular weight is 193 g/mol. The van der Waals surface area contributed by atoms with Gasteiger partial charge in [-0.1, -0.05) is 20.8 Å². The molecule has 0 aliphatic carbocycles. The number of nitrogens with one attached hydrogen (secondary N) is 1. The molecule has 1 aromatic rings. The molecule has 78 valence electrons. The summed E-state index contributed by atoms with van der Waals surface area (Å²) in [5.74, 6) is 0.840. The zero-order valence-electron chi connectivity index (χ0n) is 9.26. The van der Waals surface area contributed by atoms with E-state index >= 15 is 0 Å². The average Bonchev–Trinajstić information content (AvgIpc) is 2.51. The molecule has 1 heterocycles. The molecule has 0 unspecified atom stereocenters. The number of rotatable bonds is 5. The first-order chi connectivity index (χ1) is 6.65. The van der Waals surface area contributed by atoms with Crippen molar-refractivity contribution in [2.45, 2.75) is 40.0 Å². The lowest BCUT2D eigenvalue weighted by Gasteiger charge is -2.05. The Hall–Kier alpha value is -1.05. The summed E-state index contributed by atoms with van der Waals surface area (Å²) in [6.45, 7) is 6.37. The van der Waals surface area contributed by atoms with Crippen LogP contribution in [0.2, 0.25) is 0 Å². The van der Waals surface area contributed by atoms with Crippen molar-refractivity contribution < 1.29 is 4.79 Å². The fourth-order valence-corrected chi connectivity index (χ4v) is 1.62. The Bertz CT molecular complexity index is 299. The third-order valence-corrected chi connectivity index (χ3v) is 2.22. The van der Waals surface area contributed by atoms with Crippen LogP contribution in [0.4, 0.5) is 0 Å². The molecule has 0 bridgehead atoms. The van der Waals surface area contributed by atoms with Gasteiger partial charge in [-0.25, -0.2) is 0 Å². The lowest BCUT2D eigenvalue weighted by Crippen LogP contribution is -2.04. The van der Waals surface area contributed by atoms with Crippen LogP contribution in [0.15, 0.2) is 12.3 Å². The van der Waals surface area contributed by atoms with E-state index in [0.717, 1.165) is 18.5 Å². The molecular weight excluding hydrogens is 174 g/mol. The monoisotopic (exact) mass is 193 g/mol. The van der Waals surface area contributed by atoms with Crippen molar-refractivity contribution >= 4 is 5.78 Å². The molecule has 0 saturated heterocycles. The van der Waals surface area contributed by atoms with E-state index in [2.05, 4.69) is 18.8 Å². The molecule has 14 heavy (non-hydrogen) atoms. The summed E-state index contributed by atoms with van der Waals surface area (Å²) < 4.78 is 0. The Kier molecular flexibility index (Phi) is 3.93. The molecule has 0 fully saturated rings. The lowest BCUT2D eigenvalue weighted by atomic mass is 10.0. The van der Waals surface area contributed by atoms with Gasteiger partial charge in [0.15, 0.2) is 5.78 Å². The number of aromatic nitrogens is 1. The first kappa shape index (κ1) is 11.0. The number of hydrogen-bond acceptors (Lipinski definition) is 1. The van der Waals surface area contributed by atoms with Gasteiger partial charge in [0.2, 0.25) is 0 Å². The number of carbonyl (C=O) groups excluding carboxylic acids is 1.